The van der Waals surface area contributed by atoms with Gasteiger partial charge < -0.3 is 10.2 Å². The second kappa shape index (κ2) is 7.75. The molecule has 194 valence electrons. The summed E-state index contributed by atoms with van der Waals surface area (Å²) in [7, 11) is 0. The van der Waals surface area contributed by atoms with Gasteiger partial charge in [0, 0.05) is 35.4 Å². The molecular weight excluding hydrogens is 498 g/mol. The fourth-order valence-electron chi connectivity index (χ4n) is 4.30. The number of hydrogen-bond acceptors (Lipinski definition) is 6. The number of hydrogen-bond donors (Lipinski definition) is 2. The molecule has 36 heavy (non-hydrogen) atoms. The summed E-state index contributed by atoms with van der Waals surface area (Å²) in [5, 5.41) is 28.0. The largest absolute Gasteiger partial charge is 0.438 e. The van der Waals surface area contributed by atoms with Crippen LogP contribution in [0.1, 0.15) is 59.2 Å². The van der Waals surface area contributed by atoms with Gasteiger partial charge in [0.25, 0.3) is 23.3 Å². The van der Waals surface area contributed by atoms with Crippen LogP contribution in [0.15, 0.2) is 34.5 Å². The molecule has 5 rings (SSSR count). The van der Waals surface area contributed by atoms with E-state index < -0.39 is 48.5 Å². The molecule has 1 aromatic rings. The van der Waals surface area contributed by atoms with Crippen LogP contribution in [0, 0.1) is 11.8 Å². The van der Waals surface area contributed by atoms with Crippen LogP contribution >= 0.6 is 0 Å². The van der Waals surface area contributed by atoms with E-state index in [0.717, 1.165) is 24.3 Å². The summed E-state index contributed by atoms with van der Waals surface area (Å²) in [4.78, 5) is 25.7. The van der Waals surface area contributed by atoms with Crippen LogP contribution in [0.3, 0.4) is 0 Å². The van der Waals surface area contributed by atoms with Crippen LogP contribution in [0.25, 0.3) is 0 Å². The van der Waals surface area contributed by atoms with E-state index in [-0.39, 0.29) is 44.4 Å². The SMILES string of the molecule is O=C(c1ccc(C(=O)N2N=C(C3CC3)C[C@@]2(O)C(F)(F)F)cc1)N1N=C(C2CC2)C[C@@]1(O)C(F)(F)F. The fourth-order valence-corrected chi connectivity index (χ4v) is 4.30. The van der Waals surface area contributed by atoms with Crippen molar-refractivity contribution >= 4 is 23.2 Å². The first-order valence-electron chi connectivity index (χ1n) is 11.2. The number of rotatable bonds is 4. The molecule has 2 aliphatic heterocycles. The van der Waals surface area contributed by atoms with E-state index >= 15 is 0 Å². The van der Waals surface area contributed by atoms with Crippen LogP contribution < -0.4 is 0 Å². The Hall–Kier alpha value is -3.00. The maximum atomic E-state index is 13.6. The molecule has 2 amide bonds. The van der Waals surface area contributed by atoms with Crippen LogP contribution in [-0.2, 0) is 0 Å². The average molecular weight is 518 g/mol. The van der Waals surface area contributed by atoms with Gasteiger partial charge in [-0.3, -0.25) is 9.59 Å². The first-order chi connectivity index (χ1) is 16.7. The van der Waals surface area contributed by atoms with Gasteiger partial charge in [-0.2, -0.15) is 46.6 Å². The molecule has 2 atom stereocenters. The number of benzene rings is 1. The van der Waals surface area contributed by atoms with Crippen molar-refractivity contribution in [2.75, 3.05) is 0 Å². The van der Waals surface area contributed by atoms with Crippen LogP contribution in [0.5, 0.6) is 0 Å². The number of halogens is 6. The number of aliphatic hydroxyl groups is 2. The Morgan fingerprint density at radius 3 is 1.28 bits per heavy atom. The lowest BCUT2D eigenvalue weighted by Gasteiger charge is -2.33. The first-order valence-corrected chi connectivity index (χ1v) is 11.2. The van der Waals surface area contributed by atoms with Gasteiger partial charge in [0.1, 0.15) is 0 Å². The zero-order chi connectivity index (χ0) is 26.3. The second-order valence-corrected chi connectivity index (χ2v) is 9.52. The van der Waals surface area contributed by atoms with Crippen molar-refractivity contribution in [3.8, 4) is 0 Å². The first kappa shape index (κ1) is 24.7. The van der Waals surface area contributed by atoms with Gasteiger partial charge in [-0.05, 0) is 61.8 Å². The highest BCUT2D eigenvalue weighted by Crippen LogP contribution is 2.47. The average Bonchev–Trinajstić information content (AvgIpc) is 3.72. The highest BCUT2D eigenvalue weighted by atomic mass is 19.4. The molecule has 0 bridgehead atoms. The van der Waals surface area contributed by atoms with E-state index in [0.29, 0.717) is 25.7 Å². The summed E-state index contributed by atoms with van der Waals surface area (Å²) in [5.41, 5.74) is -7.74. The summed E-state index contributed by atoms with van der Waals surface area (Å²) in [5.74, 6) is -3.09. The number of nitrogens with zero attached hydrogens (tertiary/aromatic N) is 4. The van der Waals surface area contributed by atoms with Crippen molar-refractivity contribution < 1.29 is 46.1 Å². The molecular formula is C22H20F6N4O4. The maximum Gasteiger partial charge on any atom is 0.438 e. The van der Waals surface area contributed by atoms with E-state index in [9.17, 15) is 46.1 Å². The van der Waals surface area contributed by atoms with Gasteiger partial charge in [0.05, 0.1) is 0 Å². The van der Waals surface area contributed by atoms with Crippen molar-refractivity contribution in [1.82, 2.24) is 10.0 Å². The third-order valence-corrected chi connectivity index (χ3v) is 6.78. The molecule has 8 nitrogen and oxygen atoms in total. The zero-order valence-corrected chi connectivity index (χ0v) is 18.5. The summed E-state index contributed by atoms with van der Waals surface area (Å²) < 4.78 is 81.8. The Morgan fingerprint density at radius 2 is 1.03 bits per heavy atom. The highest BCUT2D eigenvalue weighted by Gasteiger charge is 2.65. The number of carbonyl (C=O) groups excluding carboxylic acids is 2. The standard InChI is InChI=1S/C22H20F6N4O4/c23-21(24,25)19(35)9-15(11-1-2-11)29-31(19)17(33)13-5-7-14(8-6-13)18(34)32-20(36,22(26,27)28)10-16(30-32)12-3-4-12/h5-8,11-12,35-36H,1-4,9-10H2/t19-,20-/m1/s1. The molecule has 0 spiro atoms. The monoisotopic (exact) mass is 518 g/mol. The second-order valence-electron chi connectivity index (χ2n) is 9.52. The van der Waals surface area contributed by atoms with Gasteiger partial charge >= 0.3 is 12.4 Å². The summed E-state index contributed by atoms with van der Waals surface area (Å²) in [6, 6.07) is 3.74. The van der Waals surface area contributed by atoms with Crippen LogP contribution in [0.4, 0.5) is 26.3 Å². The summed E-state index contributed by atoms with van der Waals surface area (Å²) in [6.45, 7) is 0. The molecule has 2 N–H and O–H groups in total. The van der Waals surface area contributed by atoms with Gasteiger partial charge in [0.15, 0.2) is 0 Å². The molecule has 2 heterocycles. The third-order valence-electron chi connectivity index (χ3n) is 6.78. The molecule has 2 saturated carbocycles. The van der Waals surface area contributed by atoms with Crippen molar-refractivity contribution in [1.29, 1.82) is 0 Å². The number of amides is 2. The van der Waals surface area contributed by atoms with Gasteiger partial charge in [-0.15, -0.1) is 0 Å². The normalized spacial score (nSPS) is 28.9. The van der Waals surface area contributed by atoms with Gasteiger partial charge in [0.2, 0.25) is 0 Å². The van der Waals surface area contributed by atoms with E-state index in [1.807, 2.05) is 0 Å². The smallest absolute Gasteiger partial charge is 0.362 e. The van der Waals surface area contributed by atoms with E-state index in [1.54, 1.807) is 0 Å². The van der Waals surface area contributed by atoms with Gasteiger partial charge in [-0.25, -0.2) is 0 Å². The minimum absolute atomic E-state index is 0.0352. The molecule has 2 aliphatic carbocycles. The summed E-state index contributed by atoms with van der Waals surface area (Å²) in [6.07, 6.45) is -9.78. The molecule has 14 heteroatoms. The molecule has 0 saturated heterocycles. The topological polar surface area (TPSA) is 106 Å². The molecule has 0 radical (unpaired) electrons. The lowest BCUT2D eigenvalue weighted by Crippen LogP contribution is -2.57. The molecule has 0 unspecified atom stereocenters. The number of carbonyl (C=O) groups is 2. The molecule has 1 aromatic carbocycles. The number of hydrazone groups is 2. The van der Waals surface area contributed by atoms with E-state index in [2.05, 4.69) is 10.2 Å². The minimum atomic E-state index is -5.20. The lowest BCUT2D eigenvalue weighted by atomic mass is 10.0. The van der Waals surface area contributed by atoms with E-state index in [4.69, 9.17) is 0 Å². The van der Waals surface area contributed by atoms with E-state index in [1.165, 1.54) is 0 Å². The Balaban J connectivity index is 1.40. The van der Waals surface area contributed by atoms with Crippen LogP contribution in [-0.4, -0.2) is 67.3 Å². The van der Waals surface area contributed by atoms with Crippen molar-refractivity contribution in [2.45, 2.75) is 62.3 Å². The van der Waals surface area contributed by atoms with Gasteiger partial charge in [-0.1, -0.05) is 0 Å². The fraction of sp³-hybridized carbons (Fsp3) is 0.545. The van der Waals surface area contributed by atoms with Crippen LogP contribution in [0.2, 0.25) is 0 Å². The molecule has 0 aromatic heterocycles. The Labute approximate surface area is 199 Å². The lowest BCUT2D eigenvalue weighted by molar-refractivity contribution is -0.297. The predicted octanol–water partition coefficient (Wildman–Crippen LogP) is 3.41. The maximum absolute atomic E-state index is 13.6. The molecule has 2 fully saturated rings. The molecule has 4 aliphatic rings. The quantitative estimate of drug-likeness (QED) is 0.596. The Kier molecular flexibility index (Phi) is 5.31. The third kappa shape index (κ3) is 3.86. The van der Waals surface area contributed by atoms with Crippen molar-refractivity contribution in [3.05, 3.63) is 35.4 Å². The predicted molar refractivity (Wildman–Crippen MR) is 110 cm³/mol. The summed E-state index contributed by atoms with van der Waals surface area (Å²) >= 11 is 0. The Bertz CT molecular complexity index is 1080. The highest BCUT2D eigenvalue weighted by molar-refractivity contribution is 6.02. The zero-order valence-electron chi connectivity index (χ0n) is 18.5. The Morgan fingerprint density at radius 1 is 0.722 bits per heavy atom. The van der Waals surface area contributed by atoms with Crippen molar-refractivity contribution in [2.24, 2.45) is 22.0 Å². The number of alkyl halides is 6. The minimum Gasteiger partial charge on any atom is -0.362 e. The van der Waals surface area contributed by atoms with Crippen molar-refractivity contribution in [3.63, 3.8) is 0 Å².